The van der Waals surface area contributed by atoms with E-state index in [1.165, 1.54) is 0 Å². The van der Waals surface area contributed by atoms with Crippen LogP contribution in [0.5, 0.6) is 0 Å². The van der Waals surface area contributed by atoms with Crippen molar-refractivity contribution in [1.82, 2.24) is 28.5 Å². The van der Waals surface area contributed by atoms with Gasteiger partial charge < -0.3 is 4.40 Å². The van der Waals surface area contributed by atoms with Crippen LogP contribution in [0.15, 0.2) is 187 Å². The van der Waals surface area contributed by atoms with Crippen LogP contribution in [0.2, 0.25) is 0 Å². The molecule has 0 spiro atoms. The molecule has 0 saturated heterocycles. The molecule has 7 heteroatoms. The average Bonchev–Trinajstić information content (AvgIpc) is 3.77. The predicted molar refractivity (Wildman–Crippen MR) is 222 cm³/mol. The first-order chi connectivity index (χ1) is 27.2. The maximum absolute atomic E-state index is 15.1. The molecule has 0 unspecified atom stereocenters. The second-order valence-electron chi connectivity index (χ2n) is 13.6. The zero-order valence-corrected chi connectivity index (χ0v) is 29.4. The summed E-state index contributed by atoms with van der Waals surface area (Å²) >= 11 is 0. The predicted octanol–water partition coefficient (Wildman–Crippen LogP) is 10.7. The molecule has 0 atom stereocenters. The van der Waals surface area contributed by atoms with Crippen molar-refractivity contribution in [1.29, 1.82) is 0 Å². The summed E-state index contributed by atoms with van der Waals surface area (Å²) in [6, 6.07) is 61.2. The van der Waals surface area contributed by atoms with Crippen LogP contribution in [0.1, 0.15) is 0 Å². The Labute approximate surface area is 314 Å². The van der Waals surface area contributed by atoms with Crippen LogP contribution in [0, 0.1) is 0 Å². The number of aromatic nitrogens is 6. The van der Waals surface area contributed by atoms with E-state index in [1.807, 2.05) is 138 Å². The highest BCUT2D eigenvalue weighted by Gasteiger charge is 2.25. The molecule has 55 heavy (non-hydrogen) atoms. The van der Waals surface area contributed by atoms with Gasteiger partial charge in [-0.25, -0.2) is 4.98 Å². The first-order valence-corrected chi connectivity index (χ1v) is 18.3. The standard InChI is InChI=1S/C48H30N6O/c55-47-44-43(31-17-5-1-6-18-31)37-29-36-35-25-13-14-26-38(35)54(48-50-45(32-19-7-2-8-20-32)49-46(51-48)33-21-9-3-10-22-33)41(36)30-42(37)53(44)40-28-16-15-27-39(40)52(47)34-23-11-4-12-24-34/h1-30H. The highest BCUT2D eigenvalue weighted by molar-refractivity contribution is 6.18. The third kappa shape index (κ3) is 4.77. The first kappa shape index (κ1) is 30.9. The van der Waals surface area contributed by atoms with Gasteiger partial charge in [0.05, 0.1) is 27.6 Å². The van der Waals surface area contributed by atoms with Gasteiger partial charge in [-0.15, -0.1) is 0 Å². The number of para-hydroxylation sites is 4. The van der Waals surface area contributed by atoms with Gasteiger partial charge in [-0.1, -0.05) is 140 Å². The van der Waals surface area contributed by atoms with E-state index in [2.05, 4.69) is 57.5 Å². The Morgan fingerprint density at radius 1 is 0.382 bits per heavy atom. The van der Waals surface area contributed by atoms with E-state index in [1.54, 1.807) is 0 Å². The van der Waals surface area contributed by atoms with Crippen LogP contribution in [-0.2, 0) is 0 Å². The lowest BCUT2D eigenvalue weighted by Gasteiger charge is -2.14. The first-order valence-electron chi connectivity index (χ1n) is 18.3. The monoisotopic (exact) mass is 706 g/mol. The van der Waals surface area contributed by atoms with Crippen LogP contribution in [-0.4, -0.2) is 28.5 Å². The fraction of sp³-hybridized carbons (Fsp3) is 0. The molecule has 11 rings (SSSR count). The number of fused-ring (bicyclic) bond motifs is 8. The molecule has 0 saturated carbocycles. The molecule has 0 bridgehead atoms. The van der Waals surface area contributed by atoms with Crippen molar-refractivity contribution in [3.63, 3.8) is 0 Å². The van der Waals surface area contributed by atoms with Crippen molar-refractivity contribution >= 4 is 49.3 Å². The minimum atomic E-state index is -0.0881. The molecule has 7 aromatic carbocycles. The summed E-state index contributed by atoms with van der Waals surface area (Å²) in [5, 5.41) is 3.08. The summed E-state index contributed by atoms with van der Waals surface area (Å²) in [6.07, 6.45) is 0. The molecule has 0 amide bonds. The summed E-state index contributed by atoms with van der Waals surface area (Å²) in [7, 11) is 0. The van der Waals surface area contributed by atoms with E-state index in [0.717, 1.165) is 71.7 Å². The molecule has 0 aliphatic rings. The third-order valence-corrected chi connectivity index (χ3v) is 10.5. The van der Waals surface area contributed by atoms with Gasteiger partial charge in [0.25, 0.3) is 5.56 Å². The van der Waals surface area contributed by atoms with Crippen molar-refractivity contribution < 1.29 is 0 Å². The lowest BCUT2D eigenvalue weighted by atomic mass is 10.0. The number of hydrogen-bond acceptors (Lipinski definition) is 4. The van der Waals surface area contributed by atoms with Crippen LogP contribution in [0.25, 0.3) is 94.8 Å². The normalized spacial score (nSPS) is 11.7. The fourth-order valence-electron chi connectivity index (χ4n) is 8.10. The quantitative estimate of drug-likeness (QED) is 0.179. The fourth-order valence-corrected chi connectivity index (χ4v) is 8.10. The van der Waals surface area contributed by atoms with Gasteiger partial charge in [-0.2, -0.15) is 9.97 Å². The minimum absolute atomic E-state index is 0.0881. The number of benzene rings is 7. The Morgan fingerprint density at radius 2 is 0.909 bits per heavy atom. The maximum atomic E-state index is 15.1. The SMILES string of the molecule is O=c1c2c(-c3ccccc3)c3cc4c5ccccc5n(-c5nc(-c6ccccc6)nc(-c6ccccc6)n5)c4cc3n2c2ccccc2n1-c1ccccc1. The molecule has 0 N–H and O–H groups in total. The average molecular weight is 707 g/mol. The molecular weight excluding hydrogens is 677 g/mol. The third-order valence-electron chi connectivity index (χ3n) is 10.5. The smallest absolute Gasteiger partial charge is 0.280 e. The molecule has 7 nitrogen and oxygen atoms in total. The molecule has 4 aromatic heterocycles. The van der Waals surface area contributed by atoms with Crippen molar-refractivity contribution in [3.8, 4) is 45.5 Å². The molecule has 0 radical (unpaired) electrons. The molecule has 258 valence electrons. The van der Waals surface area contributed by atoms with Crippen LogP contribution < -0.4 is 5.56 Å². The van der Waals surface area contributed by atoms with E-state index in [4.69, 9.17) is 15.0 Å². The van der Waals surface area contributed by atoms with Gasteiger partial charge in [0.1, 0.15) is 5.52 Å². The number of nitrogens with zero attached hydrogens (tertiary/aromatic N) is 6. The molecule has 0 aliphatic heterocycles. The highest BCUT2D eigenvalue weighted by atomic mass is 16.1. The van der Waals surface area contributed by atoms with Crippen molar-refractivity contribution in [2.45, 2.75) is 0 Å². The molecule has 11 aromatic rings. The van der Waals surface area contributed by atoms with E-state index in [0.29, 0.717) is 23.1 Å². The van der Waals surface area contributed by atoms with E-state index >= 15 is 4.79 Å². The van der Waals surface area contributed by atoms with Gasteiger partial charge in [0, 0.05) is 38.5 Å². The Balaban J connectivity index is 1.31. The second-order valence-corrected chi connectivity index (χ2v) is 13.6. The van der Waals surface area contributed by atoms with Crippen molar-refractivity contribution in [2.24, 2.45) is 0 Å². The van der Waals surface area contributed by atoms with E-state index in [9.17, 15) is 0 Å². The molecular formula is C48H30N6O. The second kappa shape index (κ2) is 12.2. The van der Waals surface area contributed by atoms with Gasteiger partial charge in [-0.3, -0.25) is 13.9 Å². The van der Waals surface area contributed by atoms with E-state index < -0.39 is 0 Å². The van der Waals surface area contributed by atoms with Gasteiger partial charge in [0.2, 0.25) is 5.95 Å². The topological polar surface area (TPSA) is 70.0 Å². The molecule has 0 fully saturated rings. The Bertz CT molecular complexity index is 3260. The van der Waals surface area contributed by atoms with Crippen molar-refractivity contribution in [2.75, 3.05) is 0 Å². The Morgan fingerprint density at radius 3 is 1.55 bits per heavy atom. The van der Waals surface area contributed by atoms with Crippen LogP contribution >= 0.6 is 0 Å². The van der Waals surface area contributed by atoms with Crippen molar-refractivity contribution in [3.05, 3.63) is 192 Å². The maximum Gasteiger partial charge on any atom is 0.280 e. The zero-order valence-electron chi connectivity index (χ0n) is 29.4. The number of hydrogen-bond donors (Lipinski definition) is 0. The molecule has 4 heterocycles. The van der Waals surface area contributed by atoms with E-state index in [-0.39, 0.29) is 5.56 Å². The summed E-state index contributed by atoms with van der Waals surface area (Å²) in [6.45, 7) is 0. The van der Waals surface area contributed by atoms with Gasteiger partial charge >= 0.3 is 0 Å². The largest absolute Gasteiger partial charge is 0.302 e. The number of rotatable bonds is 5. The molecule has 0 aliphatic carbocycles. The summed E-state index contributed by atoms with van der Waals surface area (Å²) in [4.78, 5) is 30.4. The summed E-state index contributed by atoms with van der Waals surface area (Å²) in [5.41, 5.74) is 9.57. The summed E-state index contributed by atoms with van der Waals surface area (Å²) in [5.74, 6) is 1.69. The minimum Gasteiger partial charge on any atom is -0.302 e. The lowest BCUT2D eigenvalue weighted by molar-refractivity contribution is 0.953. The highest BCUT2D eigenvalue weighted by Crippen LogP contribution is 2.41. The summed E-state index contributed by atoms with van der Waals surface area (Å²) < 4.78 is 6.13. The van der Waals surface area contributed by atoms with Crippen LogP contribution in [0.3, 0.4) is 0 Å². The van der Waals surface area contributed by atoms with Crippen LogP contribution in [0.4, 0.5) is 0 Å². The lowest BCUT2D eigenvalue weighted by Crippen LogP contribution is -2.21. The Hall–Kier alpha value is -7.64. The van der Waals surface area contributed by atoms with Gasteiger partial charge in [-0.05, 0) is 48.0 Å². The Kier molecular flexibility index (Phi) is 6.87. The van der Waals surface area contributed by atoms with Gasteiger partial charge in [0.15, 0.2) is 11.6 Å². The zero-order chi connectivity index (χ0) is 36.5.